The predicted molar refractivity (Wildman–Crippen MR) is 116 cm³/mol. The second-order valence-corrected chi connectivity index (χ2v) is 8.74. The molecule has 1 aromatic heterocycles. The van der Waals surface area contributed by atoms with Crippen molar-refractivity contribution >= 4 is 52.8 Å². The van der Waals surface area contributed by atoms with E-state index in [9.17, 15) is 9.59 Å². The number of thiophene rings is 1. The first-order chi connectivity index (χ1) is 13.7. The summed E-state index contributed by atoms with van der Waals surface area (Å²) >= 11 is 3.03. The van der Waals surface area contributed by atoms with Crippen molar-refractivity contribution in [2.75, 3.05) is 18.4 Å². The molecule has 2 aliphatic rings. The molecular weight excluding hydrogens is 390 g/mol. The summed E-state index contributed by atoms with van der Waals surface area (Å²) in [5.74, 6) is -0.146. The van der Waals surface area contributed by atoms with E-state index in [2.05, 4.69) is 16.0 Å². The molecule has 1 fully saturated rings. The third-order valence-corrected chi connectivity index (χ3v) is 6.60. The zero-order valence-electron chi connectivity index (χ0n) is 15.2. The highest BCUT2D eigenvalue weighted by atomic mass is 32.2. The molecule has 1 saturated heterocycles. The fraction of sp³-hybridized carbons (Fsp3) is 0.238. The molecule has 0 radical (unpaired) electrons. The summed E-state index contributed by atoms with van der Waals surface area (Å²) in [6.45, 7) is 1.90. The van der Waals surface area contributed by atoms with Crippen LogP contribution in [0.3, 0.4) is 0 Å². The van der Waals surface area contributed by atoms with Crippen molar-refractivity contribution in [2.45, 2.75) is 23.8 Å². The van der Waals surface area contributed by atoms with Crippen LogP contribution in [-0.2, 0) is 9.59 Å². The number of carbonyl (C=O) groups is 2. The highest BCUT2D eigenvalue weighted by Gasteiger charge is 2.20. The van der Waals surface area contributed by atoms with Crippen molar-refractivity contribution in [3.05, 3.63) is 57.1 Å². The molecule has 4 rings (SSSR count). The molecule has 144 valence electrons. The van der Waals surface area contributed by atoms with Crippen LogP contribution >= 0.6 is 23.1 Å². The highest BCUT2D eigenvalue weighted by Crippen LogP contribution is 2.39. The maximum Gasteiger partial charge on any atom is 0.262 e. The second kappa shape index (κ2) is 8.77. The van der Waals surface area contributed by atoms with Gasteiger partial charge in [0.15, 0.2) is 0 Å². The van der Waals surface area contributed by atoms with Crippen LogP contribution in [0.1, 0.15) is 23.3 Å². The van der Waals surface area contributed by atoms with Crippen LogP contribution in [-0.4, -0.2) is 30.9 Å². The third kappa shape index (κ3) is 4.73. The van der Waals surface area contributed by atoms with Crippen LogP contribution in [0.4, 0.5) is 5.69 Å². The first kappa shape index (κ1) is 19.0. The molecule has 0 bridgehead atoms. The Hall–Kier alpha value is -2.35. The fourth-order valence-electron chi connectivity index (χ4n) is 3.15. The van der Waals surface area contributed by atoms with Crippen molar-refractivity contribution in [1.29, 1.82) is 0 Å². The van der Waals surface area contributed by atoms with Crippen molar-refractivity contribution < 1.29 is 9.59 Å². The van der Waals surface area contributed by atoms with Crippen LogP contribution in [0.2, 0.25) is 0 Å². The number of thioether (sulfide) groups is 1. The summed E-state index contributed by atoms with van der Waals surface area (Å²) in [6.07, 6.45) is 7.24. The van der Waals surface area contributed by atoms with Gasteiger partial charge in [-0.1, -0.05) is 23.9 Å². The van der Waals surface area contributed by atoms with Gasteiger partial charge in [0.05, 0.1) is 10.6 Å². The molecule has 0 saturated carbocycles. The van der Waals surface area contributed by atoms with Gasteiger partial charge in [0.25, 0.3) is 5.91 Å². The molecule has 2 aromatic rings. The Kier molecular flexibility index (Phi) is 5.95. The number of carbonyl (C=O) groups excluding carboxylic acids is 2. The quantitative estimate of drug-likeness (QED) is 0.671. The molecule has 2 aliphatic heterocycles. The van der Waals surface area contributed by atoms with Gasteiger partial charge in [-0.25, -0.2) is 0 Å². The summed E-state index contributed by atoms with van der Waals surface area (Å²) in [7, 11) is 0. The molecule has 3 N–H and O–H groups in total. The van der Waals surface area contributed by atoms with Gasteiger partial charge in [-0.05, 0) is 67.2 Å². The molecular formula is C21H21N3O2S2. The molecule has 7 heteroatoms. The van der Waals surface area contributed by atoms with Crippen molar-refractivity contribution in [3.8, 4) is 0 Å². The topological polar surface area (TPSA) is 70.2 Å². The molecule has 28 heavy (non-hydrogen) atoms. The van der Waals surface area contributed by atoms with Gasteiger partial charge in [-0.15, -0.1) is 11.3 Å². The number of hydrogen-bond acceptors (Lipinski definition) is 5. The second-order valence-electron chi connectivity index (χ2n) is 6.71. The van der Waals surface area contributed by atoms with Crippen LogP contribution < -0.4 is 16.0 Å². The van der Waals surface area contributed by atoms with E-state index < -0.39 is 0 Å². The van der Waals surface area contributed by atoms with Gasteiger partial charge < -0.3 is 16.0 Å². The van der Waals surface area contributed by atoms with Crippen LogP contribution in [0.25, 0.3) is 12.2 Å². The number of nitrogens with one attached hydrogen (secondary N) is 3. The minimum Gasteiger partial charge on any atom is -0.350 e. The summed E-state index contributed by atoms with van der Waals surface area (Å²) in [6, 6.07) is 10.0. The fourth-order valence-corrected chi connectivity index (χ4v) is 4.98. The van der Waals surface area contributed by atoms with E-state index in [4.69, 9.17) is 0 Å². The number of hydrogen-bond donors (Lipinski definition) is 3. The highest BCUT2D eigenvalue weighted by molar-refractivity contribution is 8.04. The summed E-state index contributed by atoms with van der Waals surface area (Å²) in [5.41, 5.74) is 1.81. The van der Waals surface area contributed by atoms with E-state index in [0.29, 0.717) is 4.91 Å². The maximum atomic E-state index is 12.3. The minimum absolute atomic E-state index is 0.0585. The smallest absolute Gasteiger partial charge is 0.262 e. The lowest BCUT2D eigenvalue weighted by Crippen LogP contribution is -2.42. The number of amides is 2. The average molecular weight is 412 g/mol. The van der Waals surface area contributed by atoms with E-state index >= 15 is 0 Å². The lowest BCUT2D eigenvalue weighted by atomic mass is 10.1. The lowest BCUT2D eigenvalue weighted by molar-refractivity contribution is -0.117. The number of anilines is 1. The van der Waals surface area contributed by atoms with E-state index in [1.807, 2.05) is 47.9 Å². The molecule has 0 atom stereocenters. The summed E-state index contributed by atoms with van der Waals surface area (Å²) < 4.78 is 0. The third-order valence-electron chi connectivity index (χ3n) is 4.61. The van der Waals surface area contributed by atoms with Gasteiger partial charge in [0, 0.05) is 21.9 Å². The number of benzene rings is 1. The SMILES string of the molecule is O=C(/C=C/c1csc(/C=C2\Sc3ccccc3NC2=O)c1)NC1CCNCC1. The average Bonchev–Trinajstić information content (AvgIpc) is 3.15. The van der Waals surface area contributed by atoms with Gasteiger partial charge in [-0.2, -0.15) is 0 Å². The van der Waals surface area contributed by atoms with E-state index in [1.165, 1.54) is 11.8 Å². The zero-order chi connectivity index (χ0) is 19.3. The van der Waals surface area contributed by atoms with E-state index in [1.54, 1.807) is 17.4 Å². The first-order valence-corrected chi connectivity index (χ1v) is 10.9. The first-order valence-electron chi connectivity index (χ1n) is 9.25. The monoisotopic (exact) mass is 411 g/mol. The Morgan fingerprint density at radius 3 is 2.89 bits per heavy atom. The molecule has 0 spiro atoms. The maximum absolute atomic E-state index is 12.3. The largest absolute Gasteiger partial charge is 0.350 e. The van der Waals surface area contributed by atoms with Gasteiger partial charge in [0.2, 0.25) is 5.91 Å². The zero-order valence-corrected chi connectivity index (χ0v) is 16.9. The number of para-hydroxylation sites is 1. The standard InChI is InChI=1S/C21H21N3O2S2/c25-20(23-15-7-9-22-10-8-15)6-5-14-11-16(27-13-14)12-19-21(26)24-17-3-1-2-4-18(17)28-19/h1-6,11-13,15,22H,7-10H2,(H,23,25)(H,24,26)/b6-5+,19-12-. The number of rotatable bonds is 4. The molecule has 2 amide bonds. The molecule has 0 aliphatic carbocycles. The molecule has 3 heterocycles. The van der Waals surface area contributed by atoms with Crippen LogP contribution in [0.15, 0.2) is 51.6 Å². The normalized spacial score (nSPS) is 18.9. The lowest BCUT2D eigenvalue weighted by Gasteiger charge is -2.22. The predicted octanol–water partition coefficient (Wildman–Crippen LogP) is 3.71. The molecule has 1 aromatic carbocycles. The Morgan fingerprint density at radius 2 is 2.04 bits per heavy atom. The van der Waals surface area contributed by atoms with Crippen LogP contribution in [0.5, 0.6) is 0 Å². The molecule has 5 nitrogen and oxygen atoms in total. The molecule has 0 unspecified atom stereocenters. The van der Waals surface area contributed by atoms with Crippen LogP contribution in [0, 0.1) is 0 Å². The van der Waals surface area contributed by atoms with E-state index in [0.717, 1.165) is 47.0 Å². The van der Waals surface area contributed by atoms with Crippen molar-refractivity contribution in [1.82, 2.24) is 10.6 Å². The van der Waals surface area contributed by atoms with Gasteiger partial charge in [-0.3, -0.25) is 9.59 Å². The Labute approximate surface area is 172 Å². The van der Waals surface area contributed by atoms with Gasteiger partial charge >= 0.3 is 0 Å². The summed E-state index contributed by atoms with van der Waals surface area (Å²) in [4.78, 5) is 27.1. The Bertz CT molecular complexity index is 943. The van der Waals surface area contributed by atoms with Gasteiger partial charge in [0.1, 0.15) is 0 Å². The Morgan fingerprint density at radius 1 is 1.21 bits per heavy atom. The summed E-state index contributed by atoms with van der Waals surface area (Å²) in [5, 5.41) is 11.2. The van der Waals surface area contributed by atoms with E-state index in [-0.39, 0.29) is 17.9 Å². The minimum atomic E-state index is -0.0875. The number of fused-ring (bicyclic) bond motifs is 1. The van der Waals surface area contributed by atoms with Crippen molar-refractivity contribution in [3.63, 3.8) is 0 Å². The number of piperidine rings is 1. The van der Waals surface area contributed by atoms with Crippen molar-refractivity contribution in [2.24, 2.45) is 0 Å². The Balaban J connectivity index is 1.39.